The Balaban J connectivity index is 1.65. The van der Waals surface area contributed by atoms with Gasteiger partial charge in [0.05, 0.1) is 19.3 Å². The van der Waals surface area contributed by atoms with E-state index in [9.17, 15) is 0 Å². The Morgan fingerprint density at radius 1 is 1.48 bits per heavy atom. The van der Waals surface area contributed by atoms with Crippen LogP contribution in [0.2, 0.25) is 0 Å². The molecule has 0 radical (unpaired) electrons. The van der Waals surface area contributed by atoms with Crippen molar-refractivity contribution in [3.05, 3.63) is 40.6 Å². The highest BCUT2D eigenvalue weighted by molar-refractivity contribution is 7.07. The van der Waals surface area contributed by atoms with E-state index in [0.29, 0.717) is 12.7 Å². The molecule has 1 saturated heterocycles. The first-order valence-electron chi connectivity index (χ1n) is 8.19. The van der Waals surface area contributed by atoms with Gasteiger partial charge in [0.1, 0.15) is 5.82 Å². The van der Waals surface area contributed by atoms with E-state index >= 15 is 0 Å². The van der Waals surface area contributed by atoms with E-state index in [1.165, 1.54) is 12.0 Å². The van der Waals surface area contributed by atoms with Crippen molar-refractivity contribution in [3.63, 3.8) is 0 Å². The molecule has 0 amide bonds. The third-order valence-corrected chi connectivity index (χ3v) is 4.91. The maximum atomic E-state index is 5.83. The van der Waals surface area contributed by atoms with Crippen LogP contribution in [0.15, 0.2) is 29.2 Å². The summed E-state index contributed by atoms with van der Waals surface area (Å²) < 4.78 is 13.2. The highest BCUT2D eigenvalue weighted by Crippen LogP contribution is 2.18. The number of thiophene rings is 1. The van der Waals surface area contributed by atoms with Gasteiger partial charge in [-0.15, -0.1) is 0 Å². The molecule has 5 nitrogen and oxygen atoms in total. The van der Waals surface area contributed by atoms with Crippen LogP contribution in [0.3, 0.4) is 0 Å². The Morgan fingerprint density at radius 2 is 2.43 bits per heavy atom. The normalized spacial score (nSPS) is 18.1. The predicted octanol–water partition coefficient (Wildman–Crippen LogP) is 2.77. The van der Waals surface area contributed by atoms with Gasteiger partial charge in [0.25, 0.3) is 0 Å². The third kappa shape index (κ3) is 4.88. The molecule has 0 bridgehead atoms. The molecule has 0 aromatic carbocycles. The molecule has 6 heteroatoms. The van der Waals surface area contributed by atoms with Gasteiger partial charge >= 0.3 is 0 Å². The molecule has 1 aliphatic rings. The van der Waals surface area contributed by atoms with Gasteiger partial charge < -0.3 is 14.0 Å². The fourth-order valence-electron chi connectivity index (χ4n) is 2.99. The summed E-state index contributed by atoms with van der Waals surface area (Å²) in [6.45, 7) is 5.21. The van der Waals surface area contributed by atoms with Crippen LogP contribution in [0.5, 0.6) is 0 Å². The maximum Gasteiger partial charge on any atom is 0.122 e. The Morgan fingerprint density at radius 3 is 3.17 bits per heavy atom. The van der Waals surface area contributed by atoms with E-state index in [2.05, 4.69) is 31.3 Å². The summed E-state index contributed by atoms with van der Waals surface area (Å²) >= 11 is 1.75. The fourth-order valence-corrected chi connectivity index (χ4v) is 3.65. The smallest absolute Gasteiger partial charge is 0.122 e. The lowest BCUT2D eigenvalue weighted by Crippen LogP contribution is -2.32. The van der Waals surface area contributed by atoms with E-state index < -0.39 is 0 Å². The first kappa shape index (κ1) is 16.6. The first-order valence-corrected chi connectivity index (χ1v) is 9.13. The molecule has 3 heterocycles. The second-order valence-corrected chi connectivity index (χ2v) is 6.75. The monoisotopic (exact) mass is 335 g/mol. The van der Waals surface area contributed by atoms with Crippen LogP contribution in [0, 0.1) is 0 Å². The zero-order valence-electron chi connectivity index (χ0n) is 13.7. The molecular formula is C17H25N3O2S. The topological polar surface area (TPSA) is 39.5 Å². The van der Waals surface area contributed by atoms with Crippen molar-refractivity contribution in [2.75, 3.05) is 26.9 Å². The average Bonchev–Trinajstić information content (AvgIpc) is 3.28. The van der Waals surface area contributed by atoms with E-state index in [0.717, 1.165) is 45.0 Å². The van der Waals surface area contributed by atoms with Crippen LogP contribution in [-0.2, 0) is 29.1 Å². The molecule has 1 atom stereocenters. The molecule has 126 valence electrons. The van der Waals surface area contributed by atoms with Crippen molar-refractivity contribution in [1.82, 2.24) is 14.5 Å². The highest BCUT2D eigenvalue weighted by atomic mass is 32.1. The predicted molar refractivity (Wildman–Crippen MR) is 91.5 cm³/mol. The lowest BCUT2D eigenvalue weighted by Gasteiger charge is -2.25. The number of hydrogen-bond acceptors (Lipinski definition) is 5. The molecule has 2 aromatic heterocycles. The zero-order chi connectivity index (χ0) is 15.9. The van der Waals surface area contributed by atoms with Crippen molar-refractivity contribution in [2.45, 2.75) is 38.6 Å². The molecule has 1 fully saturated rings. The molecule has 0 spiro atoms. The summed E-state index contributed by atoms with van der Waals surface area (Å²) in [4.78, 5) is 6.99. The van der Waals surface area contributed by atoms with Gasteiger partial charge in [-0.2, -0.15) is 11.3 Å². The summed E-state index contributed by atoms with van der Waals surface area (Å²) in [5, 5.41) is 4.36. The number of methoxy groups -OCH3 is 1. The van der Waals surface area contributed by atoms with Gasteiger partial charge in [0, 0.05) is 45.7 Å². The summed E-state index contributed by atoms with van der Waals surface area (Å²) in [6.07, 6.45) is 6.61. The minimum absolute atomic E-state index is 0.357. The van der Waals surface area contributed by atoms with Crippen molar-refractivity contribution < 1.29 is 9.47 Å². The summed E-state index contributed by atoms with van der Waals surface area (Å²) in [5.41, 5.74) is 1.36. The Bertz CT molecular complexity index is 564. The molecule has 1 aliphatic heterocycles. The number of ether oxygens (including phenoxy) is 2. The van der Waals surface area contributed by atoms with Crippen LogP contribution >= 0.6 is 11.3 Å². The van der Waals surface area contributed by atoms with Crippen LogP contribution in [0.4, 0.5) is 0 Å². The summed E-state index contributed by atoms with van der Waals surface area (Å²) in [6, 6.07) is 2.20. The van der Waals surface area contributed by atoms with E-state index in [1.54, 1.807) is 18.4 Å². The molecule has 0 saturated carbocycles. The van der Waals surface area contributed by atoms with Gasteiger partial charge in [0.2, 0.25) is 0 Å². The molecule has 0 aliphatic carbocycles. The van der Waals surface area contributed by atoms with Gasteiger partial charge in [0.15, 0.2) is 0 Å². The minimum Gasteiger partial charge on any atom is -0.383 e. The first-order chi connectivity index (χ1) is 11.3. The Hall–Kier alpha value is -1.21. The largest absolute Gasteiger partial charge is 0.383 e. The Kier molecular flexibility index (Phi) is 6.21. The van der Waals surface area contributed by atoms with Crippen molar-refractivity contribution in [2.24, 2.45) is 0 Å². The van der Waals surface area contributed by atoms with Crippen molar-refractivity contribution in [1.29, 1.82) is 0 Å². The van der Waals surface area contributed by atoms with Crippen molar-refractivity contribution >= 4 is 11.3 Å². The van der Waals surface area contributed by atoms with Crippen LogP contribution in [0.1, 0.15) is 24.2 Å². The van der Waals surface area contributed by atoms with Gasteiger partial charge in [-0.1, -0.05) is 0 Å². The Labute approximate surface area is 141 Å². The highest BCUT2D eigenvalue weighted by Gasteiger charge is 2.20. The van der Waals surface area contributed by atoms with Crippen LogP contribution in [-0.4, -0.2) is 47.4 Å². The second-order valence-electron chi connectivity index (χ2n) is 5.97. The van der Waals surface area contributed by atoms with Gasteiger partial charge in [-0.3, -0.25) is 4.90 Å². The number of imidazole rings is 1. The zero-order valence-corrected chi connectivity index (χ0v) is 14.5. The molecule has 0 N–H and O–H groups in total. The third-order valence-electron chi connectivity index (χ3n) is 4.18. The number of aromatic nitrogens is 2. The standard InChI is InChI=1S/C17H25N3O2S/c1-21-9-7-20-6-5-18-17(20)13-19(11-15-4-10-23-14-15)12-16-3-2-8-22-16/h4-6,10,14,16H,2-3,7-9,11-13H2,1H3/t16-/m1/s1. The molecule has 0 unspecified atom stereocenters. The van der Waals surface area contributed by atoms with Crippen LogP contribution < -0.4 is 0 Å². The second kappa shape index (κ2) is 8.59. The quantitative estimate of drug-likeness (QED) is 0.706. The number of hydrogen-bond donors (Lipinski definition) is 0. The van der Waals surface area contributed by atoms with Gasteiger partial charge in [-0.25, -0.2) is 4.98 Å². The number of nitrogens with zero attached hydrogens (tertiary/aromatic N) is 3. The summed E-state index contributed by atoms with van der Waals surface area (Å²) in [5.74, 6) is 1.09. The van der Waals surface area contributed by atoms with Crippen LogP contribution in [0.25, 0.3) is 0 Å². The fraction of sp³-hybridized carbons (Fsp3) is 0.588. The number of rotatable bonds is 9. The maximum absolute atomic E-state index is 5.83. The lowest BCUT2D eigenvalue weighted by atomic mass is 10.2. The van der Waals surface area contributed by atoms with E-state index in [1.807, 2.05) is 12.4 Å². The summed E-state index contributed by atoms with van der Waals surface area (Å²) in [7, 11) is 1.73. The molecule has 2 aromatic rings. The van der Waals surface area contributed by atoms with Gasteiger partial charge in [-0.05, 0) is 35.2 Å². The lowest BCUT2D eigenvalue weighted by molar-refractivity contribution is 0.0664. The molecule has 3 rings (SSSR count). The molecule has 23 heavy (non-hydrogen) atoms. The SMILES string of the molecule is COCCn1ccnc1CN(Cc1ccsc1)C[C@H]1CCCO1. The van der Waals surface area contributed by atoms with E-state index in [-0.39, 0.29) is 0 Å². The van der Waals surface area contributed by atoms with Crippen molar-refractivity contribution in [3.8, 4) is 0 Å². The minimum atomic E-state index is 0.357. The molecular weight excluding hydrogens is 310 g/mol. The average molecular weight is 335 g/mol. The van der Waals surface area contributed by atoms with E-state index in [4.69, 9.17) is 9.47 Å².